The molecule has 1 heterocycles. The number of carbonyl (C=O) groups is 2. The minimum absolute atomic E-state index is 0.0155. The van der Waals surface area contributed by atoms with Crippen LogP contribution in [0.15, 0.2) is 18.2 Å². The third kappa shape index (κ3) is 5.41. The van der Waals surface area contributed by atoms with Gasteiger partial charge < -0.3 is 19.7 Å². The Labute approximate surface area is 151 Å². The van der Waals surface area contributed by atoms with Gasteiger partial charge in [-0.3, -0.25) is 14.9 Å². The van der Waals surface area contributed by atoms with Gasteiger partial charge in [-0.25, -0.2) is 4.79 Å². The highest BCUT2D eigenvalue weighted by molar-refractivity contribution is 5.97. The van der Waals surface area contributed by atoms with E-state index in [0.29, 0.717) is 31.9 Å². The summed E-state index contributed by atoms with van der Waals surface area (Å²) < 4.78 is 10.0. The lowest BCUT2D eigenvalue weighted by Crippen LogP contribution is -2.38. The van der Waals surface area contributed by atoms with Crippen molar-refractivity contribution in [1.82, 2.24) is 4.90 Å². The summed E-state index contributed by atoms with van der Waals surface area (Å²) in [6.07, 6.45) is 2.98. The Bertz CT molecular complexity index is 658. The van der Waals surface area contributed by atoms with Gasteiger partial charge >= 0.3 is 5.97 Å². The molecular formula is C17H23N3O6. The third-order valence-corrected chi connectivity index (χ3v) is 4.09. The molecule has 1 aromatic carbocycles. The third-order valence-electron chi connectivity index (χ3n) is 4.09. The lowest BCUT2D eigenvalue weighted by atomic mass is 10.1. The maximum Gasteiger partial charge on any atom is 0.341 e. The van der Waals surface area contributed by atoms with Crippen LogP contribution in [0.4, 0.5) is 11.4 Å². The second-order valence-electron chi connectivity index (χ2n) is 5.92. The standard InChI is InChI=1S/C17H23N3O6/c1-25-10-7-18-15-6-5-13(20(23)24)11-14(15)17(22)26-12-16(21)19-8-3-2-4-9-19/h5-6,11,18H,2-4,7-10,12H2,1H3. The number of esters is 1. The van der Waals surface area contributed by atoms with Crippen LogP contribution in [-0.4, -0.2) is 61.7 Å². The van der Waals surface area contributed by atoms with Crippen LogP contribution in [0.2, 0.25) is 0 Å². The molecule has 0 spiro atoms. The summed E-state index contributed by atoms with van der Waals surface area (Å²) in [7, 11) is 1.54. The van der Waals surface area contributed by atoms with Gasteiger partial charge in [-0.15, -0.1) is 0 Å². The number of hydrogen-bond acceptors (Lipinski definition) is 7. The summed E-state index contributed by atoms with van der Waals surface area (Å²) in [5.41, 5.74) is 0.182. The fourth-order valence-corrected chi connectivity index (χ4v) is 2.70. The average molecular weight is 365 g/mol. The van der Waals surface area contributed by atoms with E-state index in [1.54, 1.807) is 12.0 Å². The van der Waals surface area contributed by atoms with E-state index >= 15 is 0 Å². The molecule has 2 rings (SSSR count). The Hall–Kier alpha value is -2.68. The number of rotatable bonds is 8. The number of nitro groups is 1. The predicted molar refractivity (Wildman–Crippen MR) is 94.2 cm³/mol. The first-order valence-electron chi connectivity index (χ1n) is 8.49. The van der Waals surface area contributed by atoms with Crippen molar-refractivity contribution in [2.45, 2.75) is 19.3 Å². The fourth-order valence-electron chi connectivity index (χ4n) is 2.70. The molecule has 0 aliphatic carbocycles. The molecule has 0 bridgehead atoms. The molecule has 0 aromatic heterocycles. The number of benzene rings is 1. The lowest BCUT2D eigenvalue weighted by molar-refractivity contribution is -0.384. The molecule has 9 heteroatoms. The van der Waals surface area contributed by atoms with Crippen LogP contribution in [0.5, 0.6) is 0 Å². The van der Waals surface area contributed by atoms with Crippen LogP contribution in [0.3, 0.4) is 0 Å². The van der Waals surface area contributed by atoms with Gasteiger partial charge in [0, 0.05) is 44.6 Å². The fraction of sp³-hybridized carbons (Fsp3) is 0.529. The Balaban J connectivity index is 2.05. The monoisotopic (exact) mass is 365 g/mol. The number of methoxy groups -OCH3 is 1. The maximum atomic E-state index is 12.4. The molecular weight excluding hydrogens is 342 g/mol. The van der Waals surface area contributed by atoms with Gasteiger partial charge in [-0.1, -0.05) is 0 Å². The van der Waals surface area contributed by atoms with E-state index in [1.165, 1.54) is 12.1 Å². The van der Waals surface area contributed by atoms with Gasteiger partial charge in [0.25, 0.3) is 11.6 Å². The molecule has 1 fully saturated rings. The smallest absolute Gasteiger partial charge is 0.341 e. The number of nitrogens with one attached hydrogen (secondary N) is 1. The van der Waals surface area contributed by atoms with E-state index in [4.69, 9.17) is 9.47 Å². The van der Waals surface area contributed by atoms with Crippen LogP contribution in [-0.2, 0) is 14.3 Å². The van der Waals surface area contributed by atoms with Gasteiger partial charge in [-0.2, -0.15) is 0 Å². The zero-order valence-electron chi connectivity index (χ0n) is 14.7. The van der Waals surface area contributed by atoms with Crippen LogP contribution in [0, 0.1) is 10.1 Å². The first-order chi connectivity index (χ1) is 12.5. The van der Waals surface area contributed by atoms with Crippen LogP contribution >= 0.6 is 0 Å². The summed E-state index contributed by atoms with van der Waals surface area (Å²) >= 11 is 0. The SMILES string of the molecule is COCCNc1ccc([N+](=O)[O-])cc1C(=O)OCC(=O)N1CCCCC1. The first kappa shape index (κ1) is 19.6. The summed E-state index contributed by atoms with van der Waals surface area (Å²) in [4.78, 5) is 36.5. The van der Waals surface area contributed by atoms with E-state index in [0.717, 1.165) is 25.3 Å². The van der Waals surface area contributed by atoms with Crippen molar-refractivity contribution in [3.05, 3.63) is 33.9 Å². The summed E-state index contributed by atoms with van der Waals surface area (Å²) in [6, 6.07) is 3.88. The van der Waals surface area contributed by atoms with Crippen molar-refractivity contribution >= 4 is 23.3 Å². The molecule has 142 valence electrons. The second-order valence-corrected chi connectivity index (χ2v) is 5.92. The predicted octanol–water partition coefficient (Wildman–Crippen LogP) is 1.82. The number of piperidine rings is 1. The number of likely N-dealkylation sites (tertiary alicyclic amines) is 1. The van der Waals surface area contributed by atoms with Gasteiger partial charge in [0.05, 0.1) is 17.1 Å². The number of anilines is 1. The summed E-state index contributed by atoms with van der Waals surface area (Å²) in [5, 5.41) is 13.9. The van der Waals surface area contributed by atoms with Crippen LogP contribution in [0.1, 0.15) is 29.6 Å². The number of ether oxygens (including phenoxy) is 2. The van der Waals surface area contributed by atoms with Gasteiger partial charge in [-0.05, 0) is 25.3 Å². The Morgan fingerprint density at radius 3 is 2.65 bits per heavy atom. The number of non-ortho nitro benzene ring substituents is 1. The molecule has 0 unspecified atom stereocenters. The highest BCUT2D eigenvalue weighted by Gasteiger charge is 2.21. The van der Waals surface area contributed by atoms with Crippen LogP contribution < -0.4 is 5.32 Å². The van der Waals surface area contributed by atoms with Crippen molar-refractivity contribution in [3.63, 3.8) is 0 Å². The van der Waals surface area contributed by atoms with Gasteiger partial charge in [0.15, 0.2) is 6.61 Å². The van der Waals surface area contributed by atoms with Crippen molar-refractivity contribution in [2.75, 3.05) is 45.3 Å². The highest BCUT2D eigenvalue weighted by atomic mass is 16.6. The van der Waals surface area contributed by atoms with E-state index in [9.17, 15) is 19.7 Å². The van der Waals surface area contributed by atoms with E-state index in [2.05, 4.69) is 5.32 Å². The van der Waals surface area contributed by atoms with Gasteiger partial charge in [0.1, 0.15) is 0 Å². The average Bonchev–Trinajstić information content (AvgIpc) is 2.66. The molecule has 1 amide bonds. The Morgan fingerprint density at radius 1 is 1.27 bits per heavy atom. The van der Waals surface area contributed by atoms with Crippen molar-refractivity contribution in [1.29, 1.82) is 0 Å². The van der Waals surface area contributed by atoms with Crippen molar-refractivity contribution in [2.24, 2.45) is 0 Å². The lowest BCUT2D eigenvalue weighted by Gasteiger charge is -2.26. The van der Waals surface area contributed by atoms with E-state index in [-0.39, 0.29) is 23.8 Å². The normalized spacial score (nSPS) is 14.0. The summed E-state index contributed by atoms with van der Waals surface area (Å²) in [5.74, 6) is -1.03. The molecule has 1 aromatic rings. The zero-order valence-corrected chi connectivity index (χ0v) is 14.7. The molecule has 1 aliphatic rings. The Kier molecular flexibility index (Phi) is 7.34. The molecule has 0 saturated carbocycles. The minimum atomic E-state index is -0.779. The van der Waals surface area contributed by atoms with E-state index < -0.39 is 10.9 Å². The zero-order chi connectivity index (χ0) is 18.9. The number of carbonyl (C=O) groups excluding carboxylic acids is 2. The molecule has 0 radical (unpaired) electrons. The molecule has 0 atom stereocenters. The van der Waals surface area contributed by atoms with Gasteiger partial charge in [0.2, 0.25) is 0 Å². The summed E-state index contributed by atoms with van der Waals surface area (Å²) in [6.45, 7) is 1.77. The quantitative estimate of drug-likeness (QED) is 0.324. The number of amides is 1. The number of hydrogen-bond donors (Lipinski definition) is 1. The van der Waals surface area contributed by atoms with Crippen molar-refractivity contribution < 1.29 is 24.0 Å². The second kappa shape index (κ2) is 9.71. The topological polar surface area (TPSA) is 111 Å². The van der Waals surface area contributed by atoms with Crippen molar-refractivity contribution in [3.8, 4) is 0 Å². The van der Waals surface area contributed by atoms with E-state index in [1.807, 2.05) is 0 Å². The Morgan fingerprint density at radius 2 is 2.00 bits per heavy atom. The van der Waals surface area contributed by atoms with Crippen LogP contribution in [0.25, 0.3) is 0 Å². The number of nitro benzene ring substituents is 1. The molecule has 1 saturated heterocycles. The first-order valence-corrected chi connectivity index (χ1v) is 8.49. The molecule has 1 aliphatic heterocycles. The minimum Gasteiger partial charge on any atom is -0.452 e. The highest BCUT2D eigenvalue weighted by Crippen LogP contribution is 2.23. The molecule has 9 nitrogen and oxygen atoms in total. The largest absolute Gasteiger partial charge is 0.452 e. The number of nitrogens with zero attached hydrogens (tertiary/aromatic N) is 2. The molecule has 1 N–H and O–H groups in total. The molecule has 26 heavy (non-hydrogen) atoms. The maximum absolute atomic E-state index is 12.4.